The Hall–Kier alpha value is -1.50. The minimum absolute atomic E-state index is 0.0528. The van der Waals surface area contributed by atoms with E-state index in [1.807, 2.05) is 31.2 Å². The van der Waals surface area contributed by atoms with Crippen molar-refractivity contribution in [3.8, 4) is 0 Å². The summed E-state index contributed by atoms with van der Waals surface area (Å²) >= 11 is 1.53. The summed E-state index contributed by atoms with van der Waals surface area (Å²) in [7, 11) is 0. The van der Waals surface area contributed by atoms with Gasteiger partial charge >= 0.3 is 0 Å². The van der Waals surface area contributed by atoms with Crippen molar-refractivity contribution in [1.82, 2.24) is 5.43 Å². The Balaban J connectivity index is 2.34. The highest BCUT2D eigenvalue weighted by atomic mass is 32.2. The summed E-state index contributed by atoms with van der Waals surface area (Å²) in [5, 5.41) is 10.3. The van der Waals surface area contributed by atoms with E-state index in [1.165, 1.54) is 11.8 Å². The van der Waals surface area contributed by atoms with Crippen LogP contribution in [0.3, 0.4) is 0 Å². The van der Waals surface area contributed by atoms with Crippen LogP contribution < -0.4 is 11.3 Å². The molecule has 1 amide bonds. The number of rotatable bonds is 5. The number of hydrazine groups is 1. The molecule has 0 aliphatic carbocycles. The monoisotopic (exact) mass is 294 g/mol. The van der Waals surface area contributed by atoms with Crippen molar-refractivity contribution >= 4 is 28.6 Å². The number of nitrogens with two attached hydrogens (primary N) is 1. The van der Waals surface area contributed by atoms with Gasteiger partial charge in [0.25, 0.3) is 5.91 Å². The van der Waals surface area contributed by atoms with Crippen LogP contribution in [0, 0.1) is 0 Å². The van der Waals surface area contributed by atoms with Crippen molar-refractivity contribution in [3.63, 3.8) is 0 Å². The number of furan rings is 1. The Morgan fingerprint density at radius 2 is 2.15 bits per heavy atom. The summed E-state index contributed by atoms with van der Waals surface area (Å²) in [5.74, 6) is 5.95. The van der Waals surface area contributed by atoms with Gasteiger partial charge in [-0.2, -0.15) is 0 Å². The van der Waals surface area contributed by atoms with E-state index in [0.29, 0.717) is 22.7 Å². The first kappa shape index (κ1) is 14.9. The molecule has 2 rings (SSSR count). The highest BCUT2D eigenvalue weighted by Gasteiger charge is 2.21. The van der Waals surface area contributed by atoms with Crippen LogP contribution in [0.1, 0.15) is 30.0 Å². The first-order valence-corrected chi connectivity index (χ1v) is 7.40. The Labute approximate surface area is 121 Å². The predicted molar refractivity (Wildman–Crippen MR) is 80.3 cm³/mol. The van der Waals surface area contributed by atoms with E-state index in [2.05, 4.69) is 5.43 Å². The average Bonchev–Trinajstić information content (AvgIpc) is 2.82. The molecule has 1 heterocycles. The summed E-state index contributed by atoms with van der Waals surface area (Å²) in [6.45, 7) is 3.67. The van der Waals surface area contributed by atoms with Crippen molar-refractivity contribution in [2.75, 3.05) is 0 Å². The van der Waals surface area contributed by atoms with Crippen LogP contribution >= 0.6 is 11.8 Å². The van der Waals surface area contributed by atoms with Crippen molar-refractivity contribution in [2.45, 2.75) is 31.0 Å². The number of aliphatic hydroxyl groups is 1. The quantitative estimate of drug-likeness (QED) is 0.446. The number of thioether (sulfide) groups is 1. The second-order valence-corrected chi connectivity index (χ2v) is 5.99. The van der Waals surface area contributed by atoms with E-state index in [0.717, 1.165) is 5.39 Å². The molecule has 1 aromatic carbocycles. The van der Waals surface area contributed by atoms with Gasteiger partial charge in [0, 0.05) is 10.6 Å². The van der Waals surface area contributed by atoms with Crippen LogP contribution in [-0.4, -0.2) is 22.4 Å². The molecule has 108 valence electrons. The number of aliphatic hydroxyl groups excluding tert-OH is 1. The highest BCUT2D eigenvalue weighted by molar-refractivity contribution is 7.99. The van der Waals surface area contributed by atoms with Crippen molar-refractivity contribution in [1.29, 1.82) is 0 Å². The van der Waals surface area contributed by atoms with E-state index in [9.17, 15) is 9.90 Å². The molecular formula is C14H18N2O3S. The lowest BCUT2D eigenvalue weighted by Crippen LogP contribution is -2.30. The lowest BCUT2D eigenvalue weighted by molar-refractivity contribution is 0.0953. The molecule has 0 bridgehead atoms. The fourth-order valence-electron chi connectivity index (χ4n) is 1.87. The van der Waals surface area contributed by atoms with E-state index in [1.54, 1.807) is 6.92 Å². The number of hydrogen-bond donors (Lipinski definition) is 3. The van der Waals surface area contributed by atoms with Crippen LogP contribution in [0.25, 0.3) is 11.0 Å². The topological polar surface area (TPSA) is 88.5 Å². The van der Waals surface area contributed by atoms with Gasteiger partial charge < -0.3 is 9.52 Å². The van der Waals surface area contributed by atoms with E-state index >= 15 is 0 Å². The minimum Gasteiger partial charge on any atom is -0.459 e. The van der Waals surface area contributed by atoms with Crippen molar-refractivity contribution in [2.24, 2.45) is 5.84 Å². The number of fused-ring (bicyclic) bond motifs is 1. The van der Waals surface area contributed by atoms with Crippen molar-refractivity contribution in [3.05, 3.63) is 35.6 Å². The fourth-order valence-corrected chi connectivity index (χ4v) is 2.76. The number of amides is 1. The largest absolute Gasteiger partial charge is 0.459 e. The number of nitrogens with one attached hydrogen (secondary N) is 1. The van der Waals surface area contributed by atoms with Gasteiger partial charge in [0.15, 0.2) is 0 Å². The molecule has 0 radical (unpaired) electrons. The number of carbonyl (C=O) groups excluding carboxylic acids is 1. The lowest BCUT2D eigenvalue weighted by atomic mass is 10.1. The Morgan fingerprint density at radius 1 is 1.45 bits per heavy atom. The Kier molecular flexibility index (Phi) is 4.69. The molecule has 0 saturated heterocycles. The maximum Gasteiger partial charge on any atom is 0.269 e. The third kappa shape index (κ3) is 2.98. The number of nitrogen functional groups attached to an aromatic ring is 1. The number of benzene rings is 1. The molecule has 6 heteroatoms. The smallest absolute Gasteiger partial charge is 0.269 e. The minimum atomic E-state index is -0.420. The molecule has 2 atom stereocenters. The van der Waals surface area contributed by atoms with Crippen LogP contribution in [0.15, 0.2) is 28.7 Å². The van der Waals surface area contributed by atoms with Gasteiger partial charge in [-0.05, 0) is 13.0 Å². The van der Waals surface area contributed by atoms with Gasteiger partial charge in [0.2, 0.25) is 0 Å². The number of carbonyl (C=O) groups is 1. The first-order valence-electron chi connectivity index (χ1n) is 6.35. The maximum absolute atomic E-state index is 11.9. The van der Waals surface area contributed by atoms with Crippen LogP contribution in [0.4, 0.5) is 0 Å². The molecule has 0 saturated carbocycles. The molecule has 4 N–H and O–H groups in total. The molecule has 0 aliphatic heterocycles. The van der Waals surface area contributed by atoms with E-state index < -0.39 is 6.10 Å². The number of hydrogen-bond acceptors (Lipinski definition) is 5. The molecule has 2 aromatic rings. The standard InChI is InChI=1S/C14H18N2O3S/c1-8(17)9(2)20-7-12-13(14(18)16-15)10-5-3-4-6-11(10)19-12/h3-6,8-9,17H,7,15H2,1-2H3,(H,16,18). The molecule has 0 fully saturated rings. The Bertz CT molecular complexity index is 609. The predicted octanol–water partition coefficient (Wildman–Crippen LogP) is 2.04. The average molecular weight is 294 g/mol. The second-order valence-electron chi connectivity index (χ2n) is 4.63. The first-order chi connectivity index (χ1) is 9.54. The van der Waals surface area contributed by atoms with Gasteiger partial charge in [-0.15, -0.1) is 11.8 Å². The van der Waals surface area contributed by atoms with Crippen LogP contribution in [-0.2, 0) is 5.75 Å². The third-order valence-corrected chi connectivity index (χ3v) is 4.53. The van der Waals surface area contributed by atoms with Gasteiger partial charge in [-0.25, -0.2) is 5.84 Å². The van der Waals surface area contributed by atoms with Gasteiger partial charge in [-0.3, -0.25) is 10.2 Å². The van der Waals surface area contributed by atoms with Crippen LogP contribution in [0.2, 0.25) is 0 Å². The third-order valence-electron chi connectivity index (χ3n) is 3.18. The second kappa shape index (κ2) is 6.30. The summed E-state index contributed by atoms with van der Waals surface area (Å²) in [5.41, 5.74) is 3.28. The normalized spacial score (nSPS) is 14.2. The lowest BCUT2D eigenvalue weighted by Gasteiger charge is -2.13. The SMILES string of the molecule is CC(O)C(C)SCc1oc2ccccc2c1C(=O)NN. The zero-order valence-corrected chi connectivity index (χ0v) is 12.2. The fraction of sp³-hybridized carbons (Fsp3) is 0.357. The van der Waals surface area contributed by atoms with E-state index in [4.69, 9.17) is 10.3 Å². The maximum atomic E-state index is 11.9. The molecular weight excluding hydrogens is 276 g/mol. The summed E-state index contributed by atoms with van der Waals surface area (Å²) in [4.78, 5) is 11.9. The highest BCUT2D eigenvalue weighted by Crippen LogP contribution is 2.30. The van der Waals surface area contributed by atoms with E-state index in [-0.39, 0.29) is 11.2 Å². The molecule has 0 aliphatic rings. The summed E-state index contributed by atoms with van der Waals surface area (Å²) in [6, 6.07) is 7.34. The molecule has 1 aromatic heterocycles. The zero-order valence-electron chi connectivity index (χ0n) is 11.4. The van der Waals surface area contributed by atoms with Gasteiger partial charge in [0.1, 0.15) is 11.3 Å². The van der Waals surface area contributed by atoms with Gasteiger partial charge in [0.05, 0.1) is 17.4 Å². The summed E-state index contributed by atoms with van der Waals surface area (Å²) < 4.78 is 5.73. The molecule has 20 heavy (non-hydrogen) atoms. The molecule has 0 spiro atoms. The van der Waals surface area contributed by atoms with Crippen molar-refractivity contribution < 1.29 is 14.3 Å². The molecule has 2 unspecified atom stereocenters. The van der Waals surface area contributed by atoms with Crippen LogP contribution in [0.5, 0.6) is 0 Å². The number of para-hydroxylation sites is 1. The zero-order chi connectivity index (χ0) is 14.7. The summed E-state index contributed by atoms with van der Waals surface area (Å²) in [6.07, 6.45) is -0.420. The van der Waals surface area contributed by atoms with Gasteiger partial charge in [-0.1, -0.05) is 25.1 Å². The molecule has 5 nitrogen and oxygen atoms in total. The Morgan fingerprint density at radius 3 is 2.80 bits per heavy atom.